The standard InChI is InChI=1S/C22H24ClN3O.C12H12N4O3/c1-25-13-4-5-18(12-14-25)26-22(27)20-7-3-2-6-19(20)21(24-26)15-16-8-10-17(23)11-9-16;17-11(14-8-10-4-2-1-3-5-10)9-15-7-6-13-12(15)16(18)19/h2-3,6-11,18H,4-5,12-15H2,1H3;1-7H,8-9H2,(H,14,17). The molecule has 3 heterocycles. The zero-order valence-electron chi connectivity index (χ0n) is 25.6. The number of benzene rings is 3. The van der Waals surface area contributed by atoms with Gasteiger partial charge >= 0.3 is 5.95 Å². The molecular formula is C34H36ClN7O4. The highest BCUT2D eigenvalue weighted by Gasteiger charge is 2.21. The predicted octanol–water partition coefficient (Wildman–Crippen LogP) is 5.41. The number of nitro groups is 1. The lowest BCUT2D eigenvalue weighted by Gasteiger charge is -2.19. The second kappa shape index (κ2) is 15.4. The van der Waals surface area contributed by atoms with Crippen LogP contribution < -0.4 is 10.9 Å². The summed E-state index contributed by atoms with van der Waals surface area (Å²) < 4.78 is 2.95. The number of amides is 1. The Hall–Kier alpha value is -4.87. The molecule has 46 heavy (non-hydrogen) atoms. The summed E-state index contributed by atoms with van der Waals surface area (Å²) in [5.41, 5.74) is 3.09. The summed E-state index contributed by atoms with van der Waals surface area (Å²) in [6.45, 7) is 2.35. The van der Waals surface area contributed by atoms with Crippen LogP contribution >= 0.6 is 11.6 Å². The van der Waals surface area contributed by atoms with E-state index in [9.17, 15) is 19.7 Å². The van der Waals surface area contributed by atoms with Gasteiger partial charge in [0, 0.05) is 23.4 Å². The number of nitrogens with one attached hydrogen (secondary N) is 1. The van der Waals surface area contributed by atoms with Crippen molar-refractivity contribution >= 4 is 34.2 Å². The normalized spacial score (nSPS) is 15.0. The lowest BCUT2D eigenvalue weighted by Crippen LogP contribution is -2.29. The molecule has 1 saturated heterocycles. The van der Waals surface area contributed by atoms with Crippen molar-refractivity contribution in [3.8, 4) is 0 Å². The molecule has 238 valence electrons. The summed E-state index contributed by atoms with van der Waals surface area (Å²) in [5.74, 6) is -0.639. The molecule has 1 aliphatic rings. The first-order chi connectivity index (χ1) is 22.3. The first-order valence-electron chi connectivity index (χ1n) is 15.2. The topological polar surface area (TPSA) is 128 Å². The smallest absolute Gasteiger partial charge is 0.390 e. The second-order valence-corrected chi connectivity index (χ2v) is 11.7. The lowest BCUT2D eigenvalue weighted by molar-refractivity contribution is -0.396. The number of aromatic nitrogens is 4. The lowest BCUT2D eigenvalue weighted by atomic mass is 10.0. The van der Waals surface area contributed by atoms with Crippen molar-refractivity contribution in [2.24, 2.45) is 0 Å². The van der Waals surface area contributed by atoms with Crippen molar-refractivity contribution in [2.75, 3.05) is 20.1 Å². The van der Waals surface area contributed by atoms with Crippen molar-refractivity contribution in [1.29, 1.82) is 0 Å². The Kier molecular flexibility index (Phi) is 10.9. The molecule has 1 fully saturated rings. The van der Waals surface area contributed by atoms with Crippen LogP contribution in [0.5, 0.6) is 0 Å². The molecule has 0 saturated carbocycles. The molecule has 1 unspecified atom stereocenters. The summed E-state index contributed by atoms with van der Waals surface area (Å²) >= 11 is 6.02. The maximum Gasteiger partial charge on any atom is 0.435 e. The van der Waals surface area contributed by atoms with Gasteiger partial charge in [-0.25, -0.2) is 9.25 Å². The Morgan fingerprint density at radius 2 is 1.70 bits per heavy atom. The molecule has 0 spiro atoms. The number of likely N-dealkylation sites (tertiary alicyclic amines) is 1. The minimum absolute atomic E-state index is 0.0278. The Morgan fingerprint density at radius 1 is 0.978 bits per heavy atom. The predicted molar refractivity (Wildman–Crippen MR) is 178 cm³/mol. The maximum absolute atomic E-state index is 13.1. The van der Waals surface area contributed by atoms with E-state index in [0.29, 0.717) is 13.0 Å². The third kappa shape index (κ3) is 8.43. The van der Waals surface area contributed by atoms with Gasteiger partial charge < -0.3 is 20.3 Å². The first kappa shape index (κ1) is 32.5. The van der Waals surface area contributed by atoms with Crippen LogP contribution in [0.2, 0.25) is 5.02 Å². The zero-order chi connectivity index (χ0) is 32.5. The van der Waals surface area contributed by atoms with Gasteiger partial charge in [-0.15, -0.1) is 0 Å². The van der Waals surface area contributed by atoms with E-state index in [1.165, 1.54) is 17.0 Å². The largest absolute Gasteiger partial charge is 0.435 e. The van der Waals surface area contributed by atoms with Gasteiger partial charge in [0.15, 0.2) is 6.54 Å². The molecule has 0 bridgehead atoms. The Balaban J connectivity index is 0.000000193. The summed E-state index contributed by atoms with van der Waals surface area (Å²) in [6.07, 6.45) is 6.43. The maximum atomic E-state index is 13.1. The SMILES string of the molecule is CN1CCCC(n2nc(Cc3ccc(Cl)cc3)c3ccccc3c2=O)CC1.O=C(Cn1ccnc1[N+](=O)[O-])NCc1ccccc1. The van der Waals surface area contributed by atoms with Crippen molar-refractivity contribution in [2.45, 2.75) is 44.8 Å². The van der Waals surface area contributed by atoms with Crippen LogP contribution in [0.1, 0.15) is 42.1 Å². The average molecular weight is 642 g/mol. The number of fused-ring (bicyclic) bond motifs is 1. The van der Waals surface area contributed by atoms with E-state index in [-0.39, 0.29) is 30.0 Å². The highest BCUT2D eigenvalue weighted by Crippen LogP contribution is 2.24. The summed E-state index contributed by atoms with van der Waals surface area (Å²) in [6, 6.07) is 25.3. The van der Waals surface area contributed by atoms with Gasteiger partial charge in [0.2, 0.25) is 0 Å². The summed E-state index contributed by atoms with van der Waals surface area (Å²) in [7, 11) is 2.14. The van der Waals surface area contributed by atoms with Crippen molar-refractivity contribution < 1.29 is 9.72 Å². The van der Waals surface area contributed by atoms with Crippen LogP contribution in [-0.4, -0.2) is 55.2 Å². The zero-order valence-corrected chi connectivity index (χ0v) is 26.3. The van der Waals surface area contributed by atoms with Crippen LogP contribution in [0.4, 0.5) is 5.95 Å². The van der Waals surface area contributed by atoms with Crippen LogP contribution in [0.25, 0.3) is 10.8 Å². The monoisotopic (exact) mass is 641 g/mol. The molecule has 5 aromatic rings. The molecule has 0 aliphatic carbocycles. The number of carbonyl (C=O) groups excluding carboxylic acids is 1. The van der Waals surface area contributed by atoms with Crippen LogP contribution in [0.15, 0.2) is 96.1 Å². The highest BCUT2D eigenvalue weighted by atomic mass is 35.5. The van der Waals surface area contributed by atoms with Crippen molar-refractivity contribution in [3.05, 3.63) is 134 Å². The number of hydrogen-bond acceptors (Lipinski definition) is 7. The summed E-state index contributed by atoms with van der Waals surface area (Å²) in [5, 5.41) is 20.6. The van der Waals surface area contributed by atoms with Gasteiger partial charge in [0.1, 0.15) is 12.4 Å². The number of nitrogens with zero attached hydrogens (tertiary/aromatic N) is 6. The number of imidazole rings is 1. The quantitative estimate of drug-likeness (QED) is 0.177. The van der Waals surface area contributed by atoms with Crippen LogP contribution in [0.3, 0.4) is 0 Å². The molecule has 0 radical (unpaired) electrons. The third-order valence-electron chi connectivity index (χ3n) is 7.96. The molecule has 2 aromatic heterocycles. The number of carbonyl (C=O) groups is 1. The van der Waals surface area contributed by atoms with Gasteiger partial charge in [-0.3, -0.25) is 9.59 Å². The van der Waals surface area contributed by atoms with E-state index >= 15 is 0 Å². The fraction of sp³-hybridized carbons (Fsp3) is 0.294. The van der Waals surface area contributed by atoms with Crippen molar-refractivity contribution in [3.63, 3.8) is 0 Å². The fourth-order valence-corrected chi connectivity index (χ4v) is 5.64. The van der Waals surface area contributed by atoms with Gasteiger partial charge in [-0.1, -0.05) is 77.2 Å². The molecule has 12 heteroatoms. The minimum Gasteiger partial charge on any atom is -0.390 e. The van der Waals surface area contributed by atoms with Gasteiger partial charge in [0.05, 0.1) is 17.1 Å². The summed E-state index contributed by atoms with van der Waals surface area (Å²) in [4.78, 5) is 40.7. The minimum atomic E-state index is -0.621. The number of halogens is 1. The Labute approximate surface area is 271 Å². The molecule has 1 atom stereocenters. The number of hydrogen-bond donors (Lipinski definition) is 1. The van der Waals surface area contributed by atoms with Gasteiger partial charge in [-0.05, 0) is 73.6 Å². The Bertz CT molecular complexity index is 1840. The van der Waals surface area contributed by atoms with Gasteiger partial charge in [0.25, 0.3) is 11.5 Å². The first-order valence-corrected chi connectivity index (χ1v) is 15.6. The Morgan fingerprint density at radius 3 is 2.43 bits per heavy atom. The van der Waals surface area contributed by atoms with Crippen LogP contribution in [0, 0.1) is 10.1 Å². The van der Waals surface area contributed by atoms with Gasteiger partial charge in [-0.2, -0.15) is 5.10 Å². The van der Waals surface area contributed by atoms with E-state index in [1.54, 1.807) is 4.68 Å². The average Bonchev–Trinajstić information content (AvgIpc) is 3.42. The van der Waals surface area contributed by atoms with E-state index in [1.807, 2.05) is 78.9 Å². The van der Waals surface area contributed by atoms with Crippen molar-refractivity contribution in [1.82, 2.24) is 29.5 Å². The molecule has 1 N–H and O–H groups in total. The van der Waals surface area contributed by atoms with E-state index in [2.05, 4.69) is 22.2 Å². The molecule has 6 rings (SSSR count). The third-order valence-corrected chi connectivity index (χ3v) is 8.21. The van der Waals surface area contributed by atoms with Crippen LogP contribution in [-0.2, 0) is 24.3 Å². The highest BCUT2D eigenvalue weighted by molar-refractivity contribution is 6.30. The van der Waals surface area contributed by atoms with E-state index in [0.717, 1.165) is 65.0 Å². The molecule has 1 amide bonds. The molecule has 11 nitrogen and oxygen atoms in total. The molecule has 3 aromatic carbocycles. The van der Waals surface area contributed by atoms with E-state index in [4.69, 9.17) is 16.7 Å². The van der Waals surface area contributed by atoms with E-state index < -0.39 is 4.92 Å². The molecule has 1 aliphatic heterocycles. The number of rotatable bonds is 8. The molecular weight excluding hydrogens is 606 g/mol. The fourth-order valence-electron chi connectivity index (χ4n) is 5.52. The second-order valence-electron chi connectivity index (χ2n) is 11.3.